The zero-order chi connectivity index (χ0) is 14.0. The molecule has 0 saturated heterocycles. The van der Waals surface area contributed by atoms with Crippen LogP contribution in [0.5, 0.6) is 5.75 Å². The Morgan fingerprint density at radius 3 is 2.37 bits per heavy atom. The average molecular weight is 371 g/mol. The molecule has 0 aliphatic rings. The van der Waals surface area contributed by atoms with Crippen molar-refractivity contribution in [2.45, 2.75) is 20.4 Å². The fraction of sp³-hybridized carbons (Fsp3) is 0.200. The number of phenolic OH excluding ortho intramolecular Hbond substituents is 1. The molecule has 4 heteroatoms. The van der Waals surface area contributed by atoms with Crippen LogP contribution >= 0.6 is 22.6 Å². The normalized spacial score (nSPS) is 10.5. The van der Waals surface area contributed by atoms with Crippen LogP contribution < -0.4 is 5.32 Å². The van der Waals surface area contributed by atoms with Gasteiger partial charge in [-0.2, -0.15) is 0 Å². The Kier molecular flexibility index (Phi) is 4.29. The molecule has 0 bridgehead atoms. The van der Waals surface area contributed by atoms with E-state index >= 15 is 0 Å². The van der Waals surface area contributed by atoms with E-state index in [1.165, 1.54) is 12.1 Å². The second kappa shape index (κ2) is 5.77. The second-order valence-electron chi connectivity index (χ2n) is 4.56. The number of phenols is 1. The van der Waals surface area contributed by atoms with Crippen LogP contribution in [0.25, 0.3) is 0 Å². The van der Waals surface area contributed by atoms with Gasteiger partial charge in [0.25, 0.3) is 0 Å². The minimum absolute atomic E-state index is 0.230. The van der Waals surface area contributed by atoms with Crippen molar-refractivity contribution in [1.82, 2.24) is 0 Å². The van der Waals surface area contributed by atoms with E-state index in [1.807, 2.05) is 26.0 Å². The number of hydrogen-bond donors (Lipinski definition) is 2. The molecule has 19 heavy (non-hydrogen) atoms. The van der Waals surface area contributed by atoms with Gasteiger partial charge in [-0.15, -0.1) is 0 Å². The molecule has 0 aliphatic heterocycles. The van der Waals surface area contributed by atoms with E-state index in [1.54, 1.807) is 6.07 Å². The van der Waals surface area contributed by atoms with E-state index < -0.39 is 0 Å². The topological polar surface area (TPSA) is 32.3 Å². The predicted molar refractivity (Wildman–Crippen MR) is 84.0 cm³/mol. The van der Waals surface area contributed by atoms with Gasteiger partial charge in [0.1, 0.15) is 11.6 Å². The first kappa shape index (κ1) is 14.1. The molecule has 2 aromatic carbocycles. The smallest absolute Gasteiger partial charge is 0.124 e. The van der Waals surface area contributed by atoms with Crippen LogP contribution in [0.15, 0.2) is 30.3 Å². The molecular formula is C15H15FINO. The summed E-state index contributed by atoms with van der Waals surface area (Å²) >= 11 is 2.10. The zero-order valence-electron chi connectivity index (χ0n) is 10.8. The third kappa shape index (κ3) is 3.37. The number of halogens is 2. The van der Waals surface area contributed by atoms with Gasteiger partial charge in [0.15, 0.2) is 0 Å². The number of hydrogen-bond acceptors (Lipinski definition) is 2. The number of benzene rings is 2. The van der Waals surface area contributed by atoms with E-state index in [0.717, 1.165) is 25.9 Å². The Labute approximate surface area is 125 Å². The summed E-state index contributed by atoms with van der Waals surface area (Å²) in [6.07, 6.45) is 0. The third-order valence-electron chi connectivity index (χ3n) is 2.96. The maximum Gasteiger partial charge on any atom is 0.124 e. The molecule has 0 atom stereocenters. The van der Waals surface area contributed by atoms with E-state index in [2.05, 4.69) is 27.9 Å². The molecule has 0 saturated carbocycles. The van der Waals surface area contributed by atoms with Crippen LogP contribution in [0, 0.1) is 23.2 Å². The van der Waals surface area contributed by atoms with Crippen molar-refractivity contribution in [3.8, 4) is 5.75 Å². The highest BCUT2D eigenvalue weighted by molar-refractivity contribution is 14.1. The quantitative estimate of drug-likeness (QED) is 0.786. The molecule has 0 radical (unpaired) electrons. The number of aryl methyl sites for hydroxylation is 2. The minimum Gasteiger partial charge on any atom is -0.507 e. The predicted octanol–water partition coefficient (Wildman–Crippen LogP) is 4.36. The summed E-state index contributed by atoms with van der Waals surface area (Å²) in [7, 11) is 0. The molecule has 0 heterocycles. The lowest BCUT2D eigenvalue weighted by Gasteiger charge is -2.11. The van der Waals surface area contributed by atoms with Gasteiger partial charge in [0, 0.05) is 15.8 Å². The van der Waals surface area contributed by atoms with Crippen molar-refractivity contribution in [2.75, 3.05) is 5.32 Å². The lowest BCUT2D eigenvalue weighted by Crippen LogP contribution is -2.02. The maximum absolute atomic E-state index is 13.0. The van der Waals surface area contributed by atoms with Gasteiger partial charge < -0.3 is 10.4 Å². The Hall–Kier alpha value is -1.30. The molecule has 0 aliphatic carbocycles. The third-order valence-corrected chi connectivity index (χ3v) is 3.86. The molecule has 0 unspecified atom stereocenters. The second-order valence-corrected chi connectivity index (χ2v) is 5.72. The molecule has 0 spiro atoms. The Morgan fingerprint density at radius 2 is 1.79 bits per heavy atom. The average Bonchev–Trinajstić information content (AvgIpc) is 2.34. The van der Waals surface area contributed by atoms with Crippen LogP contribution in [0.1, 0.15) is 16.7 Å². The monoisotopic (exact) mass is 371 g/mol. The SMILES string of the molecule is Cc1cc(CNc2ccc(F)cc2I)cc(C)c1O. The fourth-order valence-electron chi connectivity index (χ4n) is 1.98. The van der Waals surface area contributed by atoms with Crippen molar-refractivity contribution < 1.29 is 9.50 Å². The molecule has 0 fully saturated rings. The van der Waals surface area contributed by atoms with Gasteiger partial charge in [0.05, 0.1) is 0 Å². The number of rotatable bonds is 3. The summed E-state index contributed by atoms with van der Waals surface area (Å²) in [6.45, 7) is 4.41. The van der Waals surface area contributed by atoms with Crippen molar-refractivity contribution in [1.29, 1.82) is 0 Å². The standard InChI is InChI=1S/C15H15FINO/c1-9-5-11(6-10(2)15(9)19)8-18-14-4-3-12(16)7-13(14)17/h3-7,18-19H,8H2,1-2H3. The Morgan fingerprint density at radius 1 is 1.16 bits per heavy atom. The summed E-state index contributed by atoms with van der Waals surface area (Å²) in [5, 5.41) is 13.0. The van der Waals surface area contributed by atoms with Crippen LogP contribution in [0.3, 0.4) is 0 Å². The van der Waals surface area contributed by atoms with Gasteiger partial charge in [-0.25, -0.2) is 4.39 Å². The lowest BCUT2D eigenvalue weighted by molar-refractivity contribution is 0.466. The van der Waals surface area contributed by atoms with Gasteiger partial charge in [-0.05, 0) is 71.3 Å². The molecule has 2 nitrogen and oxygen atoms in total. The lowest BCUT2D eigenvalue weighted by atomic mass is 10.1. The van der Waals surface area contributed by atoms with Crippen molar-refractivity contribution >= 4 is 28.3 Å². The molecule has 100 valence electrons. The van der Waals surface area contributed by atoms with Crippen molar-refractivity contribution in [3.63, 3.8) is 0 Å². The molecular weight excluding hydrogens is 356 g/mol. The summed E-state index contributed by atoms with van der Waals surface area (Å²) in [6, 6.07) is 8.57. The number of aromatic hydroxyl groups is 1. The summed E-state index contributed by atoms with van der Waals surface area (Å²) in [4.78, 5) is 0. The number of anilines is 1. The van der Waals surface area contributed by atoms with Gasteiger partial charge in [-0.3, -0.25) is 0 Å². The highest BCUT2D eigenvalue weighted by Crippen LogP contribution is 2.24. The summed E-state index contributed by atoms with van der Waals surface area (Å²) < 4.78 is 13.9. The molecule has 2 N–H and O–H groups in total. The van der Waals surface area contributed by atoms with Crippen LogP contribution in [0.2, 0.25) is 0 Å². The van der Waals surface area contributed by atoms with Crippen LogP contribution in [-0.2, 0) is 6.54 Å². The first-order valence-corrected chi connectivity index (χ1v) is 7.03. The molecule has 0 aromatic heterocycles. The maximum atomic E-state index is 13.0. The van der Waals surface area contributed by atoms with Gasteiger partial charge in [-0.1, -0.05) is 12.1 Å². The first-order valence-electron chi connectivity index (χ1n) is 5.95. The van der Waals surface area contributed by atoms with Gasteiger partial charge in [0.2, 0.25) is 0 Å². The first-order chi connectivity index (χ1) is 8.97. The highest BCUT2D eigenvalue weighted by Gasteiger charge is 2.05. The van der Waals surface area contributed by atoms with Crippen LogP contribution in [0.4, 0.5) is 10.1 Å². The van der Waals surface area contributed by atoms with E-state index in [9.17, 15) is 9.50 Å². The zero-order valence-corrected chi connectivity index (χ0v) is 13.0. The van der Waals surface area contributed by atoms with E-state index in [-0.39, 0.29) is 5.82 Å². The Balaban J connectivity index is 2.14. The fourth-order valence-corrected chi connectivity index (χ4v) is 2.65. The Bertz CT molecular complexity index is 590. The van der Waals surface area contributed by atoms with Crippen molar-refractivity contribution in [2.24, 2.45) is 0 Å². The molecule has 2 aromatic rings. The summed E-state index contributed by atoms with van der Waals surface area (Å²) in [5.74, 6) is 0.117. The largest absolute Gasteiger partial charge is 0.507 e. The van der Waals surface area contributed by atoms with Crippen LogP contribution in [-0.4, -0.2) is 5.11 Å². The summed E-state index contributed by atoms with van der Waals surface area (Å²) in [5.41, 5.74) is 3.73. The molecule has 2 rings (SSSR count). The highest BCUT2D eigenvalue weighted by atomic mass is 127. The van der Waals surface area contributed by atoms with Crippen molar-refractivity contribution in [3.05, 3.63) is 56.4 Å². The minimum atomic E-state index is -0.230. The number of nitrogens with one attached hydrogen (secondary N) is 1. The van der Waals surface area contributed by atoms with E-state index in [4.69, 9.17) is 0 Å². The van der Waals surface area contributed by atoms with E-state index in [0.29, 0.717) is 12.3 Å². The van der Waals surface area contributed by atoms with Gasteiger partial charge >= 0.3 is 0 Å². The molecule has 0 amide bonds.